The summed E-state index contributed by atoms with van der Waals surface area (Å²) in [6.07, 6.45) is 0. The molecule has 2 aromatic carbocycles. The van der Waals surface area contributed by atoms with Crippen LogP contribution in [-0.2, 0) is 9.59 Å². The predicted octanol–water partition coefficient (Wildman–Crippen LogP) is 4.09. The SMILES string of the molecule is CCOc1ccccc1NC(=O)CS[C@H](C)C(=O)Nc1ccc(C)cc1. The molecule has 138 valence electrons. The van der Waals surface area contributed by atoms with Gasteiger partial charge < -0.3 is 15.4 Å². The van der Waals surface area contributed by atoms with Gasteiger partial charge in [0.05, 0.1) is 23.3 Å². The normalized spacial score (nSPS) is 11.5. The van der Waals surface area contributed by atoms with Gasteiger partial charge in [-0.3, -0.25) is 9.59 Å². The minimum absolute atomic E-state index is 0.124. The highest BCUT2D eigenvalue weighted by Gasteiger charge is 2.16. The van der Waals surface area contributed by atoms with Crippen molar-refractivity contribution in [3.63, 3.8) is 0 Å². The Morgan fingerprint density at radius 3 is 2.46 bits per heavy atom. The minimum atomic E-state index is -0.343. The summed E-state index contributed by atoms with van der Waals surface area (Å²) in [4.78, 5) is 24.4. The Kier molecular flexibility index (Phi) is 7.53. The van der Waals surface area contributed by atoms with E-state index in [1.165, 1.54) is 11.8 Å². The average molecular weight is 372 g/mol. The maximum atomic E-state index is 12.2. The number of amides is 2. The van der Waals surface area contributed by atoms with Gasteiger partial charge in [0, 0.05) is 5.69 Å². The van der Waals surface area contributed by atoms with Crippen molar-refractivity contribution in [1.82, 2.24) is 0 Å². The third-order valence-corrected chi connectivity index (χ3v) is 4.76. The van der Waals surface area contributed by atoms with Crippen LogP contribution in [0.3, 0.4) is 0 Å². The van der Waals surface area contributed by atoms with Crippen molar-refractivity contribution in [3.05, 3.63) is 54.1 Å². The second-order valence-electron chi connectivity index (χ2n) is 5.79. The van der Waals surface area contributed by atoms with Crippen LogP contribution in [0.5, 0.6) is 5.75 Å². The van der Waals surface area contributed by atoms with Crippen molar-refractivity contribution in [1.29, 1.82) is 0 Å². The topological polar surface area (TPSA) is 67.4 Å². The number of hydrogen-bond acceptors (Lipinski definition) is 4. The van der Waals surface area contributed by atoms with Crippen LogP contribution in [0, 0.1) is 6.92 Å². The highest BCUT2D eigenvalue weighted by atomic mass is 32.2. The summed E-state index contributed by atoms with van der Waals surface area (Å²) in [5.74, 6) is 0.528. The molecule has 1 atom stereocenters. The van der Waals surface area contributed by atoms with E-state index >= 15 is 0 Å². The fraction of sp³-hybridized carbons (Fsp3) is 0.300. The summed E-state index contributed by atoms with van der Waals surface area (Å²) in [6.45, 7) is 6.20. The van der Waals surface area contributed by atoms with Gasteiger partial charge in [-0.05, 0) is 45.0 Å². The summed E-state index contributed by atoms with van der Waals surface area (Å²) in [5.41, 5.74) is 2.52. The zero-order valence-electron chi connectivity index (χ0n) is 15.2. The van der Waals surface area contributed by atoms with Gasteiger partial charge in [0.1, 0.15) is 5.75 Å². The van der Waals surface area contributed by atoms with Crippen molar-refractivity contribution in [2.24, 2.45) is 0 Å². The Balaban J connectivity index is 1.82. The molecule has 0 aromatic heterocycles. The highest BCUT2D eigenvalue weighted by Crippen LogP contribution is 2.24. The standard InChI is InChI=1S/C20H24N2O3S/c1-4-25-18-8-6-5-7-17(18)22-19(23)13-26-15(3)20(24)21-16-11-9-14(2)10-12-16/h5-12,15H,4,13H2,1-3H3,(H,21,24)(H,22,23)/t15-/m1/s1. The van der Waals surface area contributed by atoms with E-state index in [9.17, 15) is 9.59 Å². The molecule has 5 nitrogen and oxygen atoms in total. The van der Waals surface area contributed by atoms with Crippen LogP contribution in [0.2, 0.25) is 0 Å². The Bertz CT molecular complexity index is 747. The van der Waals surface area contributed by atoms with Crippen molar-refractivity contribution in [3.8, 4) is 5.75 Å². The van der Waals surface area contributed by atoms with Crippen LogP contribution >= 0.6 is 11.8 Å². The molecule has 26 heavy (non-hydrogen) atoms. The van der Waals surface area contributed by atoms with Gasteiger partial charge >= 0.3 is 0 Å². The summed E-state index contributed by atoms with van der Waals surface area (Å²) >= 11 is 1.29. The number of hydrogen-bond donors (Lipinski definition) is 2. The first kappa shape index (κ1) is 19.8. The fourth-order valence-electron chi connectivity index (χ4n) is 2.19. The Morgan fingerprint density at radius 2 is 1.77 bits per heavy atom. The first-order chi connectivity index (χ1) is 12.5. The molecule has 0 aliphatic rings. The molecule has 0 aliphatic carbocycles. The van der Waals surface area contributed by atoms with E-state index in [4.69, 9.17) is 4.74 Å². The molecule has 2 N–H and O–H groups in total. The number of anilines is 2. The van der Waals surface area contributed by atoms with E-state index in [1.54, 1.807) is 13.0 Å². The third-order valence-electron chi connectivity index (χ3n) is 3.61. The number of nitrogens with one attached hydrogen (secondary N) is 2. The molecule has 0 heterocycles. The van der Waals surface area contributed by atoms with Gasteiger partial charge in [0.15, 0.2) is 0 Å². The van der Waals surface area contributed by atoms with Crippen molar-refractivity contribution in [2.45, 2.75) is 26.0 Å². The van der Waals surface area contributed by atoms with E-state index in [0.717, 1.165) is 11.3 Å². The molecule has 0 saturated carbocycles. The largest absolute Gasteiger partial charge is 0.492 e. The quantitative estimate of drug-likeness (QED) is 0.732. The molecular weight excluding hydrogens is 348 g/mol. The predicted molar refractivity (Wildman–Crippen MR) is 108 cm³/mol. The van der Waals surface area contributed by atoms with Crippen LogP contribution in [0.25, 0.3) is 0 Å². The third kappa shape index (κ3) is 6.11. The zero-order chi connectivity index (χ0) is 18.9. The summed E-state index contributed by atoms with van der Waals surface area (Å²) < 4.78 is 5.49. The molecule has 2 rings (SSSR count). The molecular formula is C20H24N2O3S. The molecule has 0 unspecified atom stereocenters. The van der Waals surface area contributed by atoms with E-state index < -0.39 is 0 Å². The van der Waals surface area contributed by atoms with E-state index in [0.29, 0.717) is 18.0 Å². The number of carbonyl (C=O) groups is 2. The molecule has 0 spiro atoms. The first-order valence-electron chi connectivity index (χ1n) is 8.50. The lowest BCUT2D eigenvalue weighted by atomic mass is 10.2. The number of benzene rings is 2. The molecule has 0 bridgehead atoms. The van der Waals surface area contributed by atoms with E-state index in [2.05, 4.69) is 10.6 Å². The van der Waals surface area contributed by atoms with Crippen LogP contribution in [0.4, 0.5) is 11.4 Å². The van der Waals surface area contributed by atoms with Crippen molar-refractivity contribution in [2.75, 3.05) is 23.0 Å². The zero-order valence-corrected chi connectivity index (χ0v) is 16.1. The number of ether oxygens (including phenoxy) is 1. The molecule has 2 aromatic rings. The second kappa shape index (κ2) is 9.87. The molecule has 2 amide bonds. The summed E-state index contributed by atoms with van der Waals surface area (Å²) in [7, 11) is 0. The first-order valence-corrected chi connectivity index (χ1v) is 9.55. The number of rotatable bonds is 8. The fourth-order valence-corrected chi connectivity index (χ4v) is 2.88. The monoisotopic (exact) mass is 372 g/mol. The lowest BCUT2D eigenvalue weighted by Gasteiger charge is -2.13. The molecule has 0 saturated heterocycles. The Labute approximate surface area is 158 Å². The maximum Gasteiger partial charge on any atom is 0.237 e. The van der Waals surface area contributed by atoms with Gasteiger partial charge in [-0.25, -0.2) is 0 Å². The van der Waals surface area contributed by atoms with E-state index in [1.807, 2.05) is 56.3 Å². The lowest BCUT2D eigenvalue weighted by molar-refractivity contribution is -0.115. The molecule has 0 aliphatic heterocycles. The van der Waals surface area contributed by atoms with Crippen LogP contribution < -0.4 is 15.4 Å². The van der Waals surface area contributed by atoms with Crippen molar-refractivity contribution >= 4 is 35.0 Å². The molecule has 0 fully saturated rings. The maximum absolute atomic E-state index is 12.2. The smallest absolute Gasteiger partial charge is 0.237 e. The summed E-state index contributed by atoms with van der Waals surface area (Å²) in [5, 5.41) is 5.34. The number of para-hydroxylation sites is 2. The Hall–Kier alpha value is -2.47. The van der Waals surface area contributed by atoms with Gasteiger partial charge in [-0.15, -0.1) is 11.8 Å². The van der Waals surface area contributed by atoms with Gasteiger partial charge in [0.25, 0.3) is 0 Å². The number of thioether (sulfide) groups is 1. The van der Waals surface area contributed by atoms with Crippen LogP contribution in [0.1, 0.15) is 19.4 Å². The van der Waals surface area contributed by atoms with Crippen LogP contribution in [0.15, 0.2) is 48.5 Å². The second-order valence-corrected chi connectivity index (χ2v) is 7.11. The Morgan fingerprint density at radius 1 is 1.08 bits per heavy atom. The van der Waals surface area contributed by atoms with E-state index in [-0.39, 0.29) is 22.8 Å². The van der Waals surface area contributed by atoms with Gasteiger partial charge in [0.2, 0.25) is 11.8 Å². The van der Waals surface area contributed by atoms with Gasteiger partial charge in [-0.2, -0.15) is 0 Å². The van der Waals surface area contributed by atoms with Crippen molar-refractivity contribution < 1.29 is 14.3 Å². The lowest BCUT2D eigenvalue weighted by Crippen LogP contribution is -2.25. The highest BCUT2D eigenvalue weighted by molar-refractivity contribution is 8.01. The average Bonchev–Trinajstić information content (AvgIpc) is 2.63. The number of carbonyl (C=O) groups excluding carboxylic acids is 2. The minimum Gasteiger partial charge on any atom is -0.492 e. The molecule has 6 heteroatoms. The van der Waals surface area contributed by atoms with Gasteiger partial charge in [-0.1, -0.05) is 29.8 Å². The van der Waals surface area contributed by atoms with Crippen LogP contribution in [-0.4, -0.2) is 29.4 Å². The summed E-state index contributed by atoms with van der Waals surface area (Å²) in [6, 6.07) is 14.9. The number of aryl methyl sites for hydroxylation is 1. The molecule has 0 radical (unpaired) electrons.